The number of rotatable bonds is 8. The highest BCUT2D eigenvalue weighted by Crippen LogP contribution is 2.27. The molecule has 1 saturated carbocycles. The number of anilines is 1. The second-order valence-corrected chi connectivity index (χ2v) is 9.73. The summed E-state index contributed by atoms with van der Waals surface area (Å²) in [5, 5.41) is 2.90. The van der Waals surface area contributed by atoms with E-state index in [-0.39, 0.29) is 16.8 Å². The largest absolute Gasteiger partial charge is 0.496 e. The third-order valence-electron chi connectivity index (χ3n) is 5.44. The third-order valence-corrected chi connectivity index (χ3v) is 6.96. The fourth-order valence-electron chi connectivity index (χ4n) is 3.51. The monoisotopic (exact) mass is 450 g/mol. The van der Waals surface area contributed by atoms with Crippen molar-refractivity contribution in [2.45, 2.75) is 37.1 Å². The van der Waals surface area contributed by atoms with E-state index in [1.165, 1.54) is 12.1 Å². The lowest BCUT2D eigenvalue weighted by atomic mass is 10.0. The highest BCUT2D eigenvalue weighted by atomic mass is 32.2. The zero-order valence-corrected chi connectivity index (χ0v) is 18.9. The van der Waals surface area contributed by atoms with E-state index in [9.17, 15) is 13.2 Å². The summed E-state index contributed by atoms with van der Waals surface area (Å²) in [6.45, 7) is 1.79. The number of amides is 1. The van der Waals surface area contributed by atoms with Gasteiger partial charge in [-0.25, -0.2) is 13.1 Å². The number of carbonyl (C=O) groups is 1. The average molecular weight is 451 g/mol. The van der Waals surface area contributed by atoms with Crippen LogP contribution in [-0.4, -0.2) is 27.5 Å². The van der Waals surface area contributed by atoms with Crippen LogP contribution in [0.4, 0.5) is 5.69 Å². The molecule has 0 atom stereocenters. The van der Waals surface area contributed by atoms with Crippen LogP contribution in [0.1, 0.15) is 39.9 Å². The summed E-state index contributed by atoms with van der Waals surface area (Å²) in [5.41, 5.74) is 3.71. The molecule has 0 bridgehead atoms. The molecule has 1 aliphatic carbocycles. The Morgan fingerprint density at radius 2 is 1.78 bits per heavy atom. The number of ether oxygens (including phenoxy) is 1. The summed E-state index contributed by atoms with van der Waals surface area (Å²) in [5.74, 6) is 0.379. The fourth-order valence-corrected chi connectivity index (χ4v) is 4.84. The van der Waals surface area contributed by atoms with Gasteiger partial charge in [-0.05, 0) is 61.2 Å². The highest BCUT2D eigenvalue weighted by Gasteiger charge is 2.28. The van der Waals surface area contributed by atoms with Crippen LogP contribution in [0.15, 0.2) is 71.6 Å². The molecule has 0 spiro atoms. The Labute approximate surface area is 188 Å². The first-order valence-corrected chi connectivity index (χ1v) is 12.0. The van der Waals surface area contributed by atoms with E-state index in [0.29, 0.717) is 23.2 Å². The molecule has 4 rings (SSSR count). The Hall–Kier alpha value is -3.16. The van der Waals surface area contributed by atoms with Crippen molar-refractivity contribution in [2.24, 2.45) is 0 Å². The van der Waals surface area contributed by atoms with Gasteiger partial charge in [0.25, 0.3) is 5.91 Å². The number of carbonyl (C=O) groups excluding carboxylic acids is 1. The molecule has 166 valence electrons. The lowest BCUT2D eigenvalue weighted by Crippen LogP contribution is -2.26. The Bertz CT molecular complexity index is 1240. The summed E-state index contributed by atoms with van der Waals surface area (Å²) in [6, 6.07) is 20.1. The molecule has 1 amide bonds. The van der Waals surface area contributed by atoms with E-state index in [4.69, 9.17) is 4.74 Å². The maximum absolute atomic E-state index is 13.0. The van der Waals surface area contributed by atoms with Crippen LogP contribution < -0.4 is 14.8 Å². The predicted octanol–water partition coefficient (Wildman–Crippen LogP) is 4.29. The minimum absolute atomic E-state index is 0.000847. The van der Waals surface area contributed by atoms with Gasteiger partial charge >= 0.3 is 0 Å². The summed E-state index contributed by atoms with van der Waals surface area (Å²) >= 11 is 0. The van der Waals surface area contributed by atoms with Gasteiger partial charge in [-0.1, -0.05) is 36.4 Å². The van der Waals surface area contributed by atoms with E-state index >= 15 is 0 Å². The quantitative estimate of drug-likeness (QED) is 0.536. The second-order valence-electron chi connectivity index (χ2n) is 8.02. The summed E-state index contributed by atoms with van der Waals surface area (Å²) in [4.78, 5) is 13.1. The number of benzene rings is 3. The first-order valence-electron chi connectivity index (χ1n) is 10.5. The van der Waals surface area contributed by atoms with Crippen molar-refractivity contribution < 1.29 is 17.9 Å². The first-order chi connectivity index (χ1) is 15.4. The SMILES string of the molecule is COc1ccc(NC(=O)c2cc(S(=O)(=O)NC3CC3)ccc2C)cc1Cc1ccccc1. The molecule has 0 aromatic heterocycles. The van der Waals surface area contributed by atoms with Crippen LogP contribution in [0.3, 0.4) is 0 Å². The Morgan fingerprint density at radius 1 is 1.03 bits per heavy atom. The van der Waals surface area contributed by atoms with Gasteiger partial charge in [-0.2, -0.15) is 0 Å². The van der Waals surface area contributed by atoms with Crippen LogP contribution >= 0.6 is 0 Å². The molecule has 3 aromatic rings. The van der Waals surface area contributed by atoms with Crippen molar-refractivity contribution in [2.75, 3.05) is 12.4 Å². The second kappa shape index (κ2) is 9.14. The summed E-state index contributed by atoms with van der Waals surface area (Å²) in [7, 11) is -2.02. The predicted molar refractivity (Wildman–Crippen MR) is 125 cm³/mol. The maximum atomic E-state index is 13.0. The third kappa shape index (κ3) is 5.18. The number of aryl methyl sites for hydroxylation is 1. The number of sulfonamides is 1. The van der Waals surface area contributed by atoms with Crippen LogP contribution in [0.5, 0.6) is 5.75 Å². The molecule has 0 saturated heterocycles. The molecule has 2 N–H and O–H groups in total. The minimum atomic E-state index is -3.64. The van der Waals surface area contributed by atoms with E-state index in [0.717, 1.165) is 29.7 Å². The Balaban J connectivity index is 1.57. The van der Waals surface area contributed by atoms with Crippen LogP contribution in [0, 0.1) is 6.92 Å². The average Bonchev–Trinajstić information content (AvgIpc) is 3.58. The zero-order valence-electron chi connectivity index (χ0n) is 18.1. The standard InChI is InChI=1S/C25H26N2O4S/c1-17-8-12-22(32(29,30)27-20-9-10-20)16-23(17)25(28)26-21-11-13-24(31-2)19(15-21)14-18-6-4-3-5-7-18/h3-8,11-13,15-16,20,27H,9-10,14H2,1-2H3,(H,26,28). The first kappa shape index (κ1) is 22.0. The molecule has 6 nitrogen and oxygen atoms in total. The van der Waals surface area contributed by atoms with Crippen molar-refractivity contribution in [1.82, 2.24) is 4.72 Å². The van der Waals surface area contributed by atoms with Gasteiger partial charge in [0.1, 0.15) is 5.75 Å². The normalized spacial score (nSPS) is 13.6. The van der Waals surface area contributed by atoms with Crippen LogP contribution in [-0.2, 0) is 16.4 Å². The maximum Gasteiger partial charge on any atom is 0.255 e. The molecule has 3 aromatic carbocycles. The Morgan fingerprint density at radius 3 is 2.47 bits per heavy atom. The van der Waals surface area contributed by atoms with Crippen molar-refractivity contribution in [3.05, 3.63) is 89.0 Å². The van der Waals surface area contributed by atoms with E-state index in [1.807, 2.05) is 42.5 Å². The minimum Gasteiger partial charge on any atom is -0.496 e. The molecule has 32 heavy (non-hydrogen) atoms. The van der Waals surface area contributed by atoms with E-state index < -0.39 is 10.0 Å². The van der Waals surface area contributed by atoms with E-state index in [2.05, 4.69) is 10.0 Å². The van der Waals surface area contributed by atoms with Crippen molar-refractivity contribution in [3.8, 4) is 5.75 Å². The van der Waals surface area contributed by atoms with E-state index in [1.54, 1.807) is 26.2 Å². The summed E-state index contributed by atoms with van der Waals surface area (Å²) in [6.07, 6.45) is 2.36. The molecular weight excluding hydrogens is 424 g/mol. The van der Waals surface area contributed by atoms with Gasteiger partial charge in [-0.15, -0.1) is 0 Å². The van der Waals surface area contributed by atoms with Crippen LogP contribution in [0.2, 0.25) is 0 Å². The van der Waals surface area contributed by atoms with Gasteiger partial charge in [0.05, 0.1) is 12.0 Å². The number of nitrogens with one attached hydrogen (secondary N) is 2. The van der Waals surface area contributed by atoms with Crippen molar-refractivity contribution in [1.29, 1.82) is 0 Å². The fraction of sp³-hybridized carbons (Fsp3) is 0.240. The molecule has 0 radical (unpaired) electrons. The lowest BCUT2D eigenvalue weighted by molar-refractivity contribution is 0.102. The number of methoxy groups -OCH3 is 1. The van der Waals surface area contributed by atoms with Crippen molar-refractivity contribution in [3.63, 3.8) is 0 Å². The number of hydrogen-bond acceptors (Lipinski definition) is 4. The van der Waals surface area contributed by atoms with Gasteiger partial charge in [0.15, 0.2) is 0 Å². The molecule has 0 heterocycles. The smallest absolute Gasteiger partial charge is 0.255 e. The van der Waals surface area contributed by atoms with Gasteiger partial charge < -0.3 is 10.1 Å². The van der Waals surface area contributed by atoms with Gasteiger partial charge in [0, 0.05) is 29.3 Å². The van der Waals surface area contributed by atoms with Gasteiger partial charge in [-0.3, -0.25) is 4.79 Å². The molecule has 0 aliphatic heterocycles. The topological polar surface area (TPSA) is 84.5 Å². The van der Waals surface area contributed by atoms with Crippen LogP contribution in [0.25, 0.3) is 0 Å². The lowest BCUT2D eigenvalue weighted by Gasteiger charge is -2.14. The van der Waals surface area contributed by atoms with Crippen molar-refractivity contribution >= 4 is 21.6 Å². The zero-order chi connectivity index (χ0) is 22.7. The highest BCUT2D eigenvalue weighted by molar-refractivity contribution is 7.89. The molecule has 7 heteroatoms. The molecular formula is C25H26N2O4S. The number of hydrogen-bond donors (Lipinski definition) is 2. The Kier molecular flexibility index (Phi) is 6.30. The molecule has 0 unspecified atom stereocenters. The van der Waals surface area contributed by atoms with Gasteiger partial charge in [0.2, 0.25) is 10.0 Å². The molecule has 1 aliphatic rings. The molecule has 1 fully saturated rings. The summed E-state index contributed by atoms with van der Waals surface area (Å²) < 4.78 is 33.3.